The van der Waals surface area contributed by atoms with Gasteiger partial charge >= 0.3 is 0 Å². The van der Waals surface area contributed by atoms with E-state index in [1.807, 2.05) is 0 Å². The molecule has 0 bridgehead atoms. The monoisotopic (exact) mass is 322 g/mol. The quantitative estimate of drug-likeness (QED) is 0.835. The topological polar surface area (TPSA) is 49.9 Å². The molecule has 0 radical (unpaired) electrons. The molecule has 120 valence electrons. The lowest BCUT2D eigenvalue weighted by Gasteiger charge is -2.29. The number of sulfonamides is 1. The van der Waals surface area contributed by atoms with Crippen LogP contribution in [0.5, 0.6) is 0 Å². The highest BCUT2D eigenvalue weighted by atomic mass is 32.2. The van der Waals surface area contributed by atoms with Gasteiger partial charge in [0.05, 0.1) is 19.5 Å². The molecule has 4 rings (SSSR count). The summed E-state index contributed by atoms with van der Waals surface area (Å²) in [5.74, 6) is 0.497. The number of piperidine rings is 1. The summed E-state index contributed by atoms with van der Waals surface area (Å²) in [6.07, 6.45) is 2.43. The zero-order chi connectivity index (χ0) is 15.4. The first-order valence-electron chi connectivity index (χ1n) is 7.87. The molecule has 3 fully saturated rings. The third kappa shape index (κ3) is 2.33. The number of fused-ring (bicyclic) bond motifs is 1. The van der Waals surface area contributed by atoms with Crippen molar-refractivity contribution < 1.29 is 13.2 Å². The molecule has 5 nitrogen and oxygen atoms in total. The Hall–Kier alpha value is -1.11. The van der Waals surface area contributed by atoms with Crippen molar-refractivity contribution >= 4 is 15.7 Å². The van der Waals surface area contributed by atoms with Crippen molar-refractivity contribution in [1.82, 2.24) is 4.31 Å². The van der Waals surface area contributed by atoms with Crippen molar-refractivity contribution in [2.75, 3.05) is 50.5 Å². The van der Waals surface area contributed by atoms with Gasteiger partial charge in [0.2, 0.25) is 10.0 Å². The summed E-state index contributed by atoms with van der Waals surface area (Å²) < 4.78 is 30.5. The van der Waals surface area contributed by atoms with E-state index in [9.17, 15) is 8.42 Å². The number of hydrogen-bond donors (Lipinski definition) is 0. The zero-order valence-electron chi connectivity index (χ0n) is 12.9. The summed E-state index contributed by atoms with van der Waals surface area (Å²) in [5, 5.41) is 0. The Labute approximate surface area is 131 Å². The van der Waals surface area contributed by atoms with Crippen LogP contribution < -0.4 is 4.90 Å². The maximum Gasteiger partial charge on any atom is 0.211 e. The minimum atomic E-state index is -3.07. The molecular weight excluding hydrogens is 300 g/mol. The van der Waals surface area contributed by atoms with E-state index in [2.05, 4.69) is 29.2 Å². The van der Waals surface area contributed by atoms with Gasteiger partial charge in [-0.15, -0.1) is 0 Å². The lowest BCUT2D eigenvalue weighted by atomic mass is 9.95. The van der Waals surface area contributed by atoms with Crippen molar-refractivity contribution in [1.29, 1.82) is 0 Å². The average molecular weight is 322 g/mol. The minimum absolute atomic E-state index is 0.0760. The van der Waals surface area contributed by atoms with Gasteiger partial charge in [0.25, 0.3) is 0 Å². The first-order valence-corrected chi connectivity index (χ1v) is 9.72. The summed E-state index contributed by atoms with van der Waals surface area (Å²) in [6.45, 7) is 4.79. The lowest BCUT2D eigenvalue weighted by Crippen LogP contribution is -2.36. The van der Waals surface area contributed by atoms with Crippen LogP contribution in [-0.4, -0.2) is 58.4 Å². The van der Waals surface area contributed by atoms with Gasteiger partial charge in [0.15, 0.2) is 0 Å². The summed E-state index contributed by atoms with van der Waals surface area (Å²) in [5.41, 5.74) is 2.60. The van der Waals surface area contributed by atoms with Crippen LogP contribution in [0, 0.1) is 5.92 Å². The Morgan fingerprint density at radius 3 is 2.45 bits per heavy atom. The fourth-order valence-electron chi connectivity index (χ4n) is 3.96. The predicted octanol–water partition coefficient (Wildman–Crippen LogP) is 1.06. The van der Waals surface area contributed by atoms with Crippen LogP contribution >= 0.6 is 0 Å². The Morgan fingerprint density at radius 2 is 1.86 bits per heavy atom. The fourth-order valence-corrected chi connectivity index (χ4v) is 4.88. The molecule has 2 heterocycles. The van der Waals surface area contributed by atoms with Gasteiger partial charge in [-0.1, -0.05) is 12.1 Å². The second-order valence-electron chi connectivity index (χ2n) is 6.76. The molecule has 2 saturated heterocycles. The van der Waals surface area contributed by atoms with E-state index in [1.165, 1.54) is 17.5 Å². The first kappa shape index (κ1) is 14.5. The SMILES string of the molecule is CS(=O)(=O)N1CC2CC2(c2ccc(N3CCOCC3)cc2)C1. The van der Waals surface area contributed by atoms with E-state index in [0.717, 1.165) is 32.7 Å². The minimum Gasteiger partial charge on any atom is -0.378 e. The Kier molecular flexibility index (Phi) is 3.25. The lowest BCUT2D eigenvalue weighted by molar-refractivity contribution is 0.122. The van der Waals surface area contributed by atoms with Crippen molar-refractivity contribution in [2.24, 2.45) is 5.92 Å². The van der Waals surface area contributed by atoms with E-state index in [4.69, 9.17) is 4.74 Å². The van der Waals surface area contributed by atoms with Crippen LogP contribution in [-0.2, 0) is 20.2 Å². The molecule has 22 heavy (non-hydrogen) atoms. The average Bonchev–Trinajstić information content (AvgIpc) is 3.09. The summed E-state index contributed by atoms with van der Waals surface area (Å²) in [6, 6.07) is 8.73. The molecule has 2 aliphatic heterocycles. The molecule has 0 aromatic heterocycles. The molecule has 0 amide bonds. The number of benzene rings is 1. The van der Waals surface area contributed by atoms with Crippen LogP contribution in [0.1, 0.15) is 12.0 Å². The summed E-state index contributed by atoms with van der Waals surface area (Å²) >= 11 is 0. The number of nitrogens with zero attached hydrogens (tertiary/aromatic N) is 2. The Morgan fingerprint density at radius 1 is 1.18 bits per heavy atom. The molecule has 1 aliphatic carbocycles. The zero-order valence-corrected chi connectivity index (χ0v) is 13.7. The van der Waals surface area contributed by atoms with Crippen molar-refractivity contribution in [3.05, 3.63) is 29.8 Å². The van der Waals surface area contributed by atoms with Crippen LogP contribution in [0.25, 0.3) is 0 Å². The van der Waals surface area contributed by atoms with Crippen LogP contribution in [0.4, 0.5) is 5.69 Å². The standard InChI is InChI=1S/C16H22N2O3S/c1-22(19,20)18-11-14-10-16(14,12-18)13-2-4-15(5-3-13)17-6-8-21-9-7-17/h2-5,14H,6-12H2,1H3. The van der Waals surface area contributed by atoms with E-state index >= 15 is 0 Å². The van der Waals surface area contributed by atoms with Crippen LogP contribution in [0.3, 0.4) is 0 Å². The van der Waals surface area contributed by atoms with E-state index < -0.39 is 10.0 Å². The smallest absolute Gasteiger partial charge is 0.211 e. The number of ether oxygens (including phenoxy) is 1. The Balaban J connectivity index is 1.52. The highest BCUT2D eigenvalue weighted by molar-refractivity contribution is 7.88. The molecule has 2 unspecified atom stereocenters. The number of morpholine rings is 1. The third-order valence-electron chi connectivity index (χ3n) is 5.40. The number of hydrogen-bond acceptors (Lipinski definition) is 4. The molecule has 1 aromatic carbocycles. The number of rotatable bonds is 3. The van der Waals surface area contributed by atoms with E-state index in [1.54, 1.807) is 4.31 Å². The van der Waals surface area contributed by atoms with Gasteiger partial charge in [-0.25, -0.2) is 12.7 Å². The molecule has 0 spiro atoms. The van der Waals surface area contributed by atoms with Crippen molar-refractivity contribution in [2.45, 2.75) is 11.8 Å². The maximum atomic E-state index is 11.7. The highest BCUT2D eigenvalue weighted by Crippen LogP contribution is 2.59. The second kappa shape index (κ2) is 4.94. The van der Waals surface area contributed by atoms with Gasteiger partial charge in [0.1, 0.15) is 0 Å². The number of anilines is 1. The third-order valence-corrected chi connectivity index (χ3v) is 6.62. The first-order chi connectivity index (χ1) is 10.5. The maximum absolute atomic E-state index is 11.7. The summed E-state index contributed by atoms with van der Waals surface area (Å²) in [4.78, 5) is 2.34. The second-order valence-corrected chi connectivity index (χ2v) is 8.74. The van der Waals surface area contributed by atoms with Gasteiger partial charge in [-0.2, -0.15) is 0 Å². The molecular formula is C16H22N2O3S. The molecule has 3 aliphatic rings. The normalized spacial score (nSPS) is 32.0. The molecule has 6 heteroatoms. The predicted molar refractivity (Wildman–Crippen MR) is 85.7 cm³/mol. The van der Waals surface area contributed by atoms with Gasteiger partial charge in [0, 0.05) is 37.3 Å². The molecule has 1 saturated carbocycles. The van der Waals surface area contributed by atoms with Gasteiger partial charge in [-0.3, -0.25) is 0 Å². The molecule has 2 atom stereocenters. The van der Waals surface area contributed by atoms with E-state index in [-0.39, 0.29) is 5.41 Å². The Bertz CT molecular complexity index is 667. The van der Waals surface area contributed by atoms with E-state index in [0.29, 0.717) is 19.0 Å². The molecule has 1 aromatic rings. The fraction of sp³-hybridized carbons (Fsp3) is 0.625. The van der Waals surface area contributed by atoms with Crippen molar-refractivity contribution in [3.8, 4) is 0 Å². The van der Waals surface area contributed by atoms with Crippen LogP contribution in [0.15, 0.2) is 24.3 Å². The highest BCUT2D eigenvalue weighted by Gasteiger charge is 2.62. The van der Waals surface area contributed by atoms with Crippen LogP contribution in [0.2, 0.25) is 0 Å². The van der Waals surface area contributed by atoms with Gasteiger partial charge < -0.3 is 9.64 Å². The van der Waals surface area contributed by atoms with Gasteiger partial charge in [-0.05, 0) is 30.0 Å². The van der Waals surface area contributed by atoms with Crippen molar-refractivity contribution in [3.63, 3.8) is 0 Å². The largest absolute Gasteiger partial charge is 0.378 e. The summed E-state index contributed by atoms with van der Waals surface area (Å²) in [7, 11) is -3.07. The molecule has 0 N–H and O–H groups in total.